The Morgan fingerprint density at radius 3 is 1.40 bits per heavy atom. The van der Waals surface area contributed by atoms with Gasteiger partial charge >= 0.3 is 19.0 Å². The van der Waals surface area contributed by atoms with Crippen molar-refractivity contribution < 1.29 is 39.5 Å². The lowest BCUT2D eigenvalue weighted by atomic mass is 9.80. The van der Waals surface area contributed by atoms with Gasteiger partial charge < -0.3 is 12.9 Å². The topological polar surface area (TPSA) is 3.88 Å². The fourth-order valence-corrected chi connectivity index (χ4v) is 0.942. The number of nitrogens with zero attached hydrogens (tertiary/aromatic N) is 1. The van der Waals surface area contributed by atoms with E-state index in [1.54, 1.807) is 0 Å². The van der Waals surface area contributed by atoms with Crippen LogP contribution in [0.4, 0.5) is 34.9 Å². The molecule has 0 saturated heterocycles. The Morgan fingerprint density at radius 2 is 1.25 bits per heavy atom. The van der Waals surface area contributed by atoms with Gasteiger partial charge in [-0.3, -0.25) is 0 Å². The molecule has 0 spiro atoms. The van der Waals surface area contributed by atoms with Crippen LogP contribution in [0, 0.1) is 0 Å². The standard InChI is InChI=1S/C8H12N.C2BF8/c1-8(2)9-6-4-3-5-7-9;4-1(5,2(6,7)8)3(9,10)11/h3-8H,1-2H3;/q+1;-1. The lowest BCUT2D eigenvalue weighted by Gasteiger charge is -2.28. The molecule has 0 aromatic carbocycles. The maximum atomic E-state index is 11.2. The van der Waals surface area contributed by atoms with Gasteiger partial charge in [-0.25, -0.2) is 13.3 Å². The maximum absolute atomic E-state index is 11.2. The summed E-state index contributed by atoms with van der Waals surface area (Å²) in [7, 11) is 0. The van der Waals surface area contributed by atoms with Gasteiger partial charge in [-0.1, -0.05) is 6.07 Å². The predicted molar refractivity (Wildman–Crippen MR) is 57.1 cm³/mol. The molecule has 0 atom stereocenters. The molecule has 0 radical (unpaired) electrons. The Balaban J connectivity index is 0.000000367. The van der Waals surface area contributed by atoms with E-state index in [0.717, 1.165) is 0 Å². The van der Waals surface area contributed by atoms with Gasteiger partial charge in [0.2, 0.25) is 0 Å². The van der Waals surface area contributed by atoms with Gasteiger partial charge in [0.05, 0.1) is 0 Å². The van der Waals surface area contributed by atoms with Gasteiger partial charge in [-0.2, -0.15) is 13.2 Å². The average molecular weight is 309 g/mol. The van der Waals surface area contributed by atoms with Crippen LogP contribution in [0.15, 0.2) is 30.6 Å². The van der Waals surface area contributed by atoms with Crippen molar-refractivity contribution in [3.05, 3.63) is 30.6 Å². The highest BCUT2D eigenvalue weighted by molar-refractivity contribution is 6.61. The normalized spacial score (nSPS) is 12.9. The molecule has 0 amide bonds. The van der Waals surface area contributed by atoms with E-state index in [2.05, 4.69) is 30.8 Å². The van der Waals surface area contributed by atoms with Crippen molar-refractivity contribution in [1.82, 2.24) is 0 Å². The van der Waals surface area contributed by atoms with Crippen LogP contribution < -0.4 is 4.57 Å². The highest BCUT2D eigenvalue weighted by atomic mass is 19.4. The minimum atomic E-state index is -7.21. The van der Waals surface area contributed by atoms with Crippen LogP contribution >= 0.6 is 0 Å². The predicted octanol–water partition coefficient (Wildman–Crippen LogP) is 4.13. The molecule has 116 valence electrons. The monoisotopic (exact) mass is 309 g/mol. The Morgan fingerprint density at radius 1 is 0.850 bits per heavy atom. The highest BCUT2D eigenvalue weighted by Crippen LogP contribution is 2.43. The SMILES string of the molecule is CC(C)[n+]1ccccc1.F[B-](F)(F)C(F)(F)C(F)(F)F. The molecular formula is C10H12BF8N. The molecule has 10 heteroatoms. The number of hydrogen-bond acceptors (Lipinski definition) is 0. The van der Waals surface area contributed by atoms with Crippen LogP contribution in [0.1, 0.15) is 19.9 Å². The quantitative estimate of drug-likeness (QED) is 0.439. The van der Waals surface area contributed by atoms with Gasteiger partial charge in [0.15, 0.2) is 18.4 Å². The van der Waals surface area contributed by atoms with Gasteiger partial charge in [-0.05, 0) is 13.8 Å². The summed E-state index contributed by atoms with van der Waals surface area (Å²) in [5, 5.41) is 0. The van der Waals surface area contributed by atoms with E-state index in [-0.39, 0.29) is 0 Å². The van der Waals surface area contributed by atoms with Crippen LogP contribution in [-0.2, 0) is 0 Å². The smallest absolute Gasteiger partial charge is 0.445 e. The van der Waals surface area contributed by atoms with Crippen molar-refractivity contribution >= 4 is 6.98 Å². The van der Waals surface area contributed by atoms with Gasteiger partial charge in [-0.15, -0.1) is 0 Å². The van der Waals surface area contributed by atoms with Crippen molar-refractivity contribution in [2.45, 2.75) is 31.9 Å². The number of aromatic nitrogens is 1. The molecule has 0 aliphatic rings. The minimum Gasteiger partial charge on any atom is -0.445 e. The van der Waals surface area contributed by atoms with E-state index in [4.69, 9.17) is 0 Å². The van der Waals surface area contributed by atoms with Crippen molar-refractivity contribution in [2.24, 2.45) is 0 Å². The first-order valence-electron chi connectivity index (χ1n) is 5.40. The molecule has 0 unspecified atom stereocenters. The third-order valence-corrected chi connectivity index (χ3v) is 2.12. The molecule has 0 bridgehead atoms. The second-order valence-electron chi connectivity index (χ2n) is 4.11. The molecule has 0 fully saturated rings. The fourth-order valence-electron chi connectivity index (χ4n) is 0.942. The average Bonchev–Trinajstić information content (AvgIpc) is 2.28. The third kappa shape index (κ3) is 4.97. The van der Waals surface area contributed by atoms with E-state index < -0.39 is 19.0 Å². The summed E-state index contributed by atoms with van der Waals surface area (Å²) >= 11 is 0. The lowest BCUT2D eigenvalue weighted by molar-refractivity contribution is -0.716. The molecule has 0 aliphatic carbocycles. The summed E-state index contributed by atoms with van der Waals surface area (Å²) in [6, 6.07) is 6.69. The molecule has 0 saturated carbocycles. The zero-order valence-electron chi connectivity index (χ0n) is 10.5. The van der Waals surface area contributed by atoms with Gasteiger partial charge in [0.1, 0.15) is 0 Å². The van der Waals surface area contributed by atoms with Crippen molar-refractivity contribution in [3.8, 4) is 0 Å². The summed E-state index contributed by atoms with van der Waals surface area (Å²) in [5.41, 5.74) is 0. The van der Waals surface area contributed by atoms with Gasteiger partial charge in [0, 0.05) is 12.1 Å². The summed E-state index contributed by atoms with van der Waals surface area (Å²) in [5.74, 6) is -6.56. The molecule has 0 N–H and O–H groups in total. The zero-order chi connectivity index (χ0) is 16.2. The van der Waals surface area contributed by atoms with E-state index in [1.165, 1.54) is 0 Å². The van der Waals surface area contributed by atoms with Crippen LogP contribution in [0.3, 0.4) is 0 Å². The molecule has 1 heterocycles. The van der Waals surface area contributed by atoms with E-state index in [1.807, 2.05) is 18.2 Å². The largest absolute Gasteiger partial charge is 0.558 e. The molecule has 1 rings (SSSR count). The van der Waals surface area contributed by atoms with Gasteiger partial charge in [0.25, 0.3) is 0 Å². The number of hydrogen-bond donors (Lipinski definition) is 0. The Kier molecular flexibility index (Phi) is 5.97. The maximum Gasteiger partial charge on any atom is 0.558 e. The molecule has 1 aromatic rings. The van der Waals surface area contributed by atoms with E-state index in [0.29, 0.717) is 6.04 Å². The minimum absolute atomic E-state index is 0.575. The Hall–Kier alpha value is -1.35. The first-order chi connectivity index (χ1) is 8.80. The summed E-state index contributed by atoms with van der Waals surface area (Å²) in [4.78, 5) is 0. The van der Waals surface area contributed by atoms with Crippen molar-refractivity contribution in [1.29, 1.82) is 0 Å². The second kappa shape index (κ2) is 6.40. The third-order valence-electron chi connectivity index (χ3n) is 2.12. The molecule has 1 nitrogen and oxygen atoms in total. The van der Waals surface area contributed by atoms with Crippen LogP contribution in [-0.4, -0.2) is 19.0 Å². The first-order valence-corrected chi connectivity index (χ1v) is 5.40. The number of halogens is 8. The fraction of sp³-hybridized carbons (Fsp3) is 0.500. The molecule has 20 heavy (non-hydrogen) atoms. The van der Waals surface area contributed by atoms with Crippen LogP contribution in [0.2, 0.25) is 0 Å². The molecule has 1 aromatic heterocycles. The van der Waals surface area contributed by atoms with E-state index >= 15 is 0 Å². The molecule has 0 aliphatic heterocycles. The van der Waals surface area contributed by atoms with Crippen molar-refractivity contribution in [2.75, 3.05) is 0 Å². The zero-order valence-corrected chi connectivity index (χ0v) is 10.5. The van der Waals surface area contributed by atoms with Crippen molar-refractivity contribution in [3.63, 3.8) is 0 Å². The number of alkyl halides is 5. The summed E-state index contributed by atoms with van der Waals surface area (Å²) < 4.78 is 90.0. The number of rotatable bonds is 2. The van der Waals surface area contributed by atoms with Crippen LogP contribution in [0.5, 0.6) is 0 Å². The molecular weight excluding hydrogens is 297 g/mol. The first kappa shape index (κ1) is 18.7. The summed E-state index contributed by atoms with van der Waals surface area (Å²) in [6.45, 7) is -2.87. The highest BCUT2D eigenvalue weighted by Gasteiger charge is 2.69. The van der Waals surface area contributed by atoms with Crippen LogP contribution in [0.25, 0.3) is 0 Å². The Bertz CT molecular complexity index is 382. The Labute approximate surface area is 110 Å². The van der Waals surface area contributed by atoms with E-state index in [9.17, 15) is 34.9 Å². The summed E-state index contributed by atoms with van der Waals surface area (Å²) in [6.07, 6.45) is -2.40. The lowest BCUT2D eigenvalue weighted by Crippen LogP contribution is -2.53. The number of pyridine rings is 1. The second-order valence-corrected chi connectivity index (χ2v) is 4.11.